The van der Waals surface area contributed by atoms with E-state index in [4.69, 9.17) is 4.74 Å². The molecule has 0 aliphatic carbocycles. The molecule has 0 saturated carbocycles. The molecule has 0 spiro atoms. The topological polar surface area (TPSA) is 71.5 Å². The molecule has 1 saturated heterocycles. The van der Waals surface area contributed by atoms with Crippen LogP contribution in [-0.4, -0.2) is 48.4 Å². The highest BCUT2D eigenvalue weighted by Gasteiger charge is 2.22. The minimum atomic E-state index is -0.162. The van der Waals surface area contributed by atoms with Crippen molar-refractivity contribution in [3.05, 3.63) is 59.4 Å². The largest absolute Gasteiger partial charge is 0.497 e. The van der Waals surface area contributed by atoms with Gasteiger partial charge in [-0.25, -0.2) is 0 Å². The third-order valence-electron chi connectivity index (χ3n) is 3.91. The summed E-state index contributed by atoms with van der Waals surface area (Å²) in [6.45, 7) is 1.10. The van der Waals surface area contributed by atoms with Gasteiger partial charge in [-0.15, -0.1) is 0 Å². The van der Waals surface area contributed by atoms with Crippen molar-refractivity contribution in [3.8, 4) is 5.75 Å². The Hall–Kier alpha value is -2.89. The number of pyridine rings is 1. The summed E-state index contributed by atoms with van der Waals surface area (Å²) in [5, 5.41) is 2.71. The molecule has 1 fully saturated rings. The number of hydrogen-bond acceptors (Lipinski definition) is 4. The van der Waals surface area contributed by atoms with Crippen molar-refractivity contribution in [2.24, 2.45) is 0 Å². The van der Waals surface area contributed by atoms with Crippen LogP contribution in [-0.2, 0) is 11.2 Å². The summed E-state index contributed by atoms with van der Waals surface area (Å²) in [5.41, 5.74) is 2.53. The molecular weight excluding hydrogens is 306 g/mol. The first-order valence-corrected chi connectivity index (χ1v) is 7.78. The van der Waals surface area contributed by atoms with Crippen molar-refractivity contribution in [1.82, 2.24) is 15.2 Å². The molecule has 0 unspecified atom stereocenters. The zero-order valence-electron chi connectivity index (χ0n) is 13.5. The molecule has 1 aliphatic heterocycles. The summed E-state index contributed by atoms with van der Waals surface area (Å²) in [4.78, 5) is 29.7. The van der Waals surface area contributed by atoms with Crippen LogP contribution in [0.4, 0.5) is 0 Å². The molecule has 0 radical (unpaired) electrons. The second kappa shape index (κ2) is 7.12. The number of carbonyl (C=O) groups is 2. The van der Waals surface area contributed by atoms with Crippen molar-refractivity contribution in [3.63, 3.8) is 0 Å². The smallest absolute Gasteiger partial charge is 0.255 e. The average molecular weight is 325 g/mol. The fourth-order valence-electron chi connectivity index (χ4n) is 2.71. The standard InChI is InChI=1S/C18H19N3O3/c1-24-16-4-2-3-13(9-16)7-14-8-15(11-19-10-14)18(23)21-6-5-20-17(22)12-21/h2-4,8-11H,5-7,12H2,1H3,(H,20,22). The molecule has 1 aromatic carbocycles. The van der Waals surface area contributed by atoms with Gasteiger partial charge in [0.15, 0.2) is 0 Å². The van der Waals surface area contributed by atoms with E-state index in [0.29, 0.717) is 25.1 Å². The van der Waals surface area contributed by atoms with Gasteiger partial charge in [0.25, 0.3) is 5.91 Å². The Morgan fingerprint density at radius 2 is 2.17 bits per heavy atom. The van der Waals surface area contributed by atoms with Gasteiger partial charge < -0.3 is 15.0 Å². The Morgan fingerprint density at radius 1 is 1.29 bits per heavy atom. The lowest BCUT2D eigenvalue weighted by atomic mass is 10.0. The second-order valence-corrected chi connectivity index (χ2v) is 5.69. The Kier molecular flexibility index (Phi) is 4.74. The molecule has 3 rings (SSSR count). The third kappa shape index (κ3) is 3.71. The molecule has 0 bridgehead atoms. The lowest BCUT2D eigenvalue weighted by Crippen LogP contribution is -2.50. The number of rotatable bonds is 4. The molecule has 2 heterocycles. The number of hydrogen-bond donors (Lipinski definition) is 1. The van der Waals surface area contributed by atoms with Crippen molar-refractivity contribution in [2.45, 2.75) is 6.42 Å². The fraction of sp³-hybridized carbons (Fsp3) is 0.278. The van der Waals surface area contributed by atoms with Gasteiger partial charge in [0.1, 0.15) is 5.75 Å². The number of piperazine rings is 1. The summed E-state index contributed by atoms with van der Waals surface area (Å²) in [6.07, 6.45) is 3.95. The summed E-state index contributed by atoms with van der Waals surface area (Å²) in [7, 11) is 1.63. The van der Waals surface area contributed by atoms with Crippen LogP contribution in [0.5, 0.6) is 5.75 Å². The molecule has 1 N–H and O–H groups in total. The second-order valence-electron chi connectivity index (χ2n) is 5.69. The fourth-order valence-corrected chi connectivity index (χ4v) is 2.71. The van der Waals surface area contributed by atoms with Crippen molar-refractivity contribution < 1.29 is 14.3 Å². The number of aromatic nitrogens is 1. The van der Waals surface area contributed by atoms with E-state index in [1.165, 1.54) is 0 Å². The van der Waals surface area contributed by atoms with Gasteiger partial charge in [-0.1, -0.05) is 12.1 Å². The molecule has 6 heteroatoms. The van der Waals surface area contributed by atoms with Crippen LogP contribution in [0.15, 0.2) is 42.7 Å². The van der Waals surface area contributed by atoms with Crippen LogP contribution in [0.25, 0.3) is 0 Å². The quantitative estimate of drug-likeness (QED) is 0.918. The highest BCUT2D eigenvalue weighted by atomic mass is 16.5. The van der Waals surface area contributed by atoms with Crippen molar-refractivity contribution >= 4 is 11.8 Å². The molecule has 1 aromatic heterocycles. The molecule has 124 valence electrons. The Bertz CT molecular complexity index is 761. The zero-order valence-corrected chi connectivity index (χ0v) is 13.5. The van der Waals surface area contributed by atoms with E-state index < -0.39 is 0 Å². The first-order valence-electron chi connectivity index (χ1n) is 7.78. The average Bonchev–Trinajstić information content (AvgIpc) is 2.61. The van der Waals surface area contributed by atoms with E-state index in [0.717, 1.165) is 16.9 Å². The molecule has 24 heavy (non-hydrogen) atoms. The van der Waals surface area contributed by atoms with Gasteiger partial charge in [-0.2, -0.15) is 0 Å². The molecule has 1 aliphatic rings. The highest BCUT2D eigenvalue weighted by Crippen LogP contribution is 2.17. The number of nitrogens with zero attached hydrogens (tertiary/aromatic N) is 2. The summed E-state index contributed by atoms with van der Waals surface area (Å²) in [5.74, 6) is 0.506. The van der Waals surface area contributed by atoms with Gasteiger partial charge in [-0.3, -0.25) is 14.6 Å². The van der Waals surface area contributed by atoms with Gasteiger partial charge in [0, 0.05) is 25.5 Å². The molecule has 2 amide bonds. The Balaban J connectivity index is 1.76. The first-order chi connectivity index (χ1) is 11.7. The van der Waals surface area contributed by atoms with Crippen LogP contribution in [0.1, 0.15) is 21.5 Å². The number of methoxy groups -OCH3 is 1. The lowest BCUT2D eigenvalue weighted by molar-refractivity contribution is -0.123. The number of carbonyl (C=O) groups excluding carboxylic acids is 2. The maximum Gasteiger partial charge on any atom is 0.255 e. The number of amides is 2. The van der Waals surface area contributed by atoms with E-state index >= 15 is 0 Å². The van der Waals surface area contributed by atoms with Crippen LogP contribution in [0, 0.1) is 0 Å². The molecule has 6 nitrogen and oxygen atoms in total. The van der Waals surface area contributed by atoms with Crippen LogP contribution in [0.3, 0.4) is 0 Å². The van der Waals surface area contributed by atoms with Crippen LogP contribution >= 0.6 is 0 Å². The summed E-state index contributed by atoms with van der Waals surface area (Å²) < 4.78 is 5.23. The predicted octanol–water partition coefficient (Wildman–Crippen LogP) is 1.25. The molecular formula is C18H19N3O3. The third-order valence-corrected chi connectivity index (χ3v) is 3.91. The van der Waals surface area contributed by atoms with Gasteiger partial charge in [0.05, 0.1) is 19.2 Å². The lowest BCUT2D eigenvalue weighted by Gasteiger charge is -2.26. The van der Waals surface area contributed by atoms with Crippen LogP contribution in [0.2, 0.25) is 0 Å². The molecule has 0 atom stereocenters. The normalized spacial score (nSPS) is 14.2. The SMILES string of the molecule is COc1cccc(Cc2cncc(C(=O)N3CCNC(=O)C3)c2)c1. The van der Waals surface area contributed by atoms with Gasteiger partial charge in [-0.05, 0) is 35.7 Å². The molecule has 2 aromatic rings. The van der Waals surface area contributed by atoms with Crippen molar-refractivity contribution in [2.75, 3.05) is 26.7 Å². The van der Waals surface area contributed by atoms with E-state index in [1.807, 2.05) is 30.3 Å². The van der Waals surface area contributed by atoms with E-state index in [9.17, 15) is 9.59 Å². The number of ether oxygens (including phenoxy) is 1. The summed E-state index contributed by atoms with van der Waals surface area (Å²) >= 11 is 0. The monoisotopic (exact) mass is 325 g/mol. The number of benzene rings is 1. The maximum atomic E-state index is 12.5. The van der Waals surface area contributed by atoms with Crippen molar-refractivity contribution in [1.29, 1.82) is 0 Å². The Labute approximate surface area is 140 Å². The highest BCUT2D eigenvalue weighted by molar-refractivity contribution is 5.96. The first kappa shape index (κ1) is 16.0. The van der Waals surface area contributed by atoms with Crippen LogP contribution < -0.4 is 10.1 Å². The van der Waals surface area contributed by atoms with E-state index in [-0.39, 0.29) is 18.4 Å². The number of nitrogens with one attached hydrogen (secondary N) is 1. The Morgan fingerprint density at radius 3 is 2.96 bits per heavy atom. The van der Waals surface area contributed by atoms with E-state index in [2.05, 4.69) is 10.3 Å². The maximum absolute atomic E-state index is 12.5. The zero-order chi connectivity index (χ0) is 16.9. The van der Waals surface area contributed by atoms with Gasteiger partial charge in [0.2, 0.25) is 5.91 Å². The van der Waals surface area contributed by atoms with Gasteiger partial charge >= 0.3 is 0 Å². The minimum absolute atomic E-state index is 0.0962. The predicted molar refractivity (Wildman–Crippen MR) is 89.0 cm³/mol. The van der Waals surface area contributed by atoms with E-state index in [1.54, 1.807) is 24.4 Å². The summed E-state index contributed by atoms with van der Waals surface area (Å²) in [6, 6.07) is 9.63. The minimum Gasteiger partial charge on any atom is -0.497 e.